The van der Waals surface area contributed by atoms with E-state index in [-0.39, 0.29) is 11.9 Å². The summed E-state index contributed by atoms with van der Waals surface area (Å²) in [5, 5.41) is 0. The SMILES string of the molecule is O=C1CC=C2c3ccccc3CC[C@@H]2N1Cl. The monoisotopic (exact) mass is 233 g/mol. The molecule has 2 nitrogen and oxygen atoms in total. The first-order valence-electron chi connectivity index (χ1n) is 5.53. The first-order valence-corrected chi connectivity index (χ1v) is 5.87. The minimum absolute atomic E-state index is 0.00907. The van der Waals surface area contributed by atoms with Crippen LogP contribution in [-0.2, 0) is 11.2 Å². The molecule has 1 aromatic rings. The highest BCUT2D eigenvalue weighted by atomic mass is 35.5. The molecule has 1 heterocycles. The molecule has 0 bridgehead atoms. The number of carbonyl (C=O) groups is 1. The number of aryl methyl sites for hydroxylation is 1. The van der Waals surface area contributed by atoms with Gasteiger partial charge in [0.2, 0.25) is 5.91 Å². The van der Waals surface area contributed by atoms with Gasteiger partial charge in [-0.2, -0.15) is 0 Å². The molecule has 0 fully saturated rings. The van der Waals surface area contributed by atoms with Gasteiger partial charge in [0.1, 0.15) is 0 Å². The lowest BCUT2D eigenvalue weighted by molar-refractivity contribution is -0.127. The van der Waals surface area contributed by atoms with E-state index in [4.69, 9.17) is 11.8 Å². The predicted octanol–water partition coefficient (Wildman–Crippen LogP) is 2.77. The van der Waals surface area contributed by atoms with E-state index in [0.29, 0.717) is 6.42 Å². The molecule has 3 heteroatoms. The normalized spacial score (nSPS) is 23.6. The van der Waals surface area contributed by atoms with E-state index in [1.165, 1.54) is 21.1 Å². The topological polar surface area (TPSA) is 20.3 Å². The molecule has 1 aliphatic heterocycles. The van der Waals surface area contributed by atoms with Crippen LogP contribution in [0.25, 0.3) is 5.57 Å². The lowest BCUT2D eigenvalue weighted by Crippen LogP contribution is -2.38. The Kier molecular flexibility index (Phi) is 2.25. The number of hydrogen-bond acceptors (Lipinski definition) is 1. The van der Waals surface area contributed by atoms with Crippen molar-refractivity contribution in [1.82, 2.24) is 4.42 Å². The van der Waals surface area contributed by atoms with E-state index in [2.05, 4.69) is 18.2 Å². The summed E-state index contributed by atoms with van der Waals surface area (Å²) in [6.45, 7) is 0. The maximum absolute atomic E-state index is 11.5. The van der Waals surface area contributed by atoms with Crippen LogP contribution in [-0.4, -0.2) is 16.4 Å². The van der Waals surface area contributed by atoms with E-state index in [9.17, 15) is 4.79 Å². The Hall–Kier alpha value is -1.28. The quantitative estimate of drug-likeness (QED) is 0.631. The average Bonchev–Trinajstić information content (AvgIpc) is 2.33. The third kappa shape index (κ3) is 1.37. The highest BCUT2D eigenvalue weighted by Gasteiger charge is 2.33. The maximum Gasteiger partial charge on any atom is 0.241 e. The number of halogens is 1. The molecule has 1 aliphatic carbocycles. The second-order valence-electron chi connectivity index (χ2n) is 4.28. The highest BCUT2D eigenvalue weighted by molar-refractivity contribution is 6.23. The molecule has 1 atom stereocenters. The molecular weight excluding hydrogens is 222 g/mol. The molecule has 0 saturated heterocycles. The van der Waals surface area contributed by atoms with Crippen LogP contribution in [0.3, 0.4) is 0 Å². The zero-order valence-electron chi connectivity index (χ0n) is 8.82. The van der Waals surface area contributed by atoms with Gasteiger partial charge in [-0.1, -0.05) is 30.3 Å². The fourth-order valence-electron chi connectivity index (χ4n) is 2.59. The molecule has 1 amide bonds. The number of benzene rings is 1. The minimum atomic E-state index is 0.00907. The summed E-state index contributed by atoms with van der Waals surface area (Å²) in [5.74, 6) is 0.00907. The molecule has 0 spiro atoms. The van der Waals surface area contributed by atoms with Crippen LogP contribution in [0.15, 0.2) is 30.3 Å². The van der Waals surface area contributed by atoms with Gasteiger partial charge < -0.3 is 0 Å². The Morgan fingerprint density at radius 1 is 1.31 bits per heavy atom. The second-order valence-corrected chi connectivity index (χ2v) is 4.64. The van der Waals surface area contributed by atoms with Gasteiger partial charge in [0.15, 0.2) is 0 Å². The number of amides is 1. The number of nitrogens with zero attached hydrogens (tertiary/aromatic N) is 1. The van der Waals surface area contributed by atoms with Gasteiger partial charge in [-0.15, -0.1) is 0 Å². The van der Waals surface area contributed by atoms with E-state index in [1.54, 1.807) is 0 Å². The standard InChI is InChI=1S/C13H12ClNO/c14-15-12-7-5-9-3-1-2-4-10(9)11(12)6-8-13(15)16/h1-4,6,12H,5,7-8H2/t12-/m0/s1. The zero-order valence-corrected chi connectivity index (χ0v) is 9.57. The van der Waals surface area contributed by atoms with Gasteiger partial charge in [0, 0.05) is 18.2 Å². The van der Waals surface area contributed by atoms with Crippen molar-refractivity contribution in [2.24, 2.45) is 0 Å². The summed E-state index contributed by atoms with van der Waals surface area (Å²) in [7, 11) is 0. The third-order valence-electron chi connectivity index (χ3n) is 3.38. The Balaban J connectivity index is 2.10. The second kappa shape index (κ2) is 3.63. The molecule has 0 unspecified atom stereocenters. The minimum Gasteiger partial charge on any atom is -0.273 e. The molecule has 16 heavy (non-hydrogen) atoms. The first kappa shape index (κ1) is 9.91. The summed E-state index contributed by atoms with van der Waals surface area (Å²) in [4.78, 5) is 11.5. The van der Waals surface area contributed by atoms with Gasteiger partial charge in [0.05, 0.1) is 6.04 Å². The smallest absolute Gasteiger partial charge is 0.241 e. The fraction of sp³-hybridized carbons (Fsp3) is 0.308. The maximum atomic E-state index is 11.5. The Labute approximate surface area is 99.6 Å². The van der Waals surface area contributed by atoms with Crippen molar-refractivity contribution in [3.8, 4) is 0 Å². The van der Waals surface area contributed by atoms with E-state index >= 15 is 0 Å². The molecule has 2 aliphatic rings. The van der Waals surface area contributed by atoms with Crippen molar-refractivity contribution < 1.29 is 4.79 Å². The van der Waals surface area contributed by atoms with Crippen molar-refractivity contribution in [1.29, 1.82) is 0 Å². The van der Waals surface area contributed by atoms with E-state index in [1.807, 2.05) is 12.1 Å². The zero-order chi connectivity index (χ0) is 11.1. The van der Waals surface area contributed by atoms with Crippen molar-refractivity contribution in [2.75, 3.05) is 0 Å². The lowest BCUT2D eigenvalue weighted by atomic mass is 9.82. The number of rotatable bonds is 0. The van der Waals surface area contributed by atoms with Crippen LogP contribution in [0.5, 0.6) is 0 Å². The van der Waals surface area contributed by atoms with Crippen LogP contribution in [0.4, 0.5) is 0 Å². The summed E-state index contributed by atoms with van der Waals surface area (Å²) in [5.41, 5.74) is 3.85. The first-order chi connectivity index (χ1) is 7.77. The summed E-state index contributed by atoms with van der Waals surface area (Å²) < 4.78 is 1.38. The highest BCUT2D eigenvalue weighted by Crippen LogP contribution is 2.37. The average molecular weight is 234 g/mol. The molecule has 3 rings (SSSR count). The van der Waals surface area contributed by atoms with Gasteiger partial charge in [-0.25, -0.2) is 4.42 Å². The van der Waals surface area contributed by atoms with Crippen molar-refractivity contribution in [3.63, 3.8) is 0 Å². The lowest BCUT2D eigenvalue weighted by Gasteiger charge is -2.35. The van der Waals surface area contributed by atoms with Gasteiger partial charge in [0.25, 0.3) is 0 Å². The molecule has 0 N–H and O–H groups in total. The predicted molar refractivity (Wildman–Crippen MR) is 63.8 cm³/mol. The van der Waals surface area contributed by atoms with Crippen molar-refractivity contribution in [2.45, 2.75) is 25.3 Å². The van der Waals surface area contributed by atoms with Crippen molar-refractivity contribution in [3.05, 3.63) is 41.5 Å². The number of fused-ring (bicyclic) bond motifs is 3. The van der Waals surface area contributed by atoms with Crippen LogP contribution < -0.4 is 0 Å². The Morgan fingerprint density at radius 2 is 2.12 bits per heavy atom. The fourth-order valence-corrected chi connectivity index (χ4v) is 2.86. The molecular formula is C13H12ClNO. The summed E-state index contributed by atoms with van der Waals surface area (Å²) >= 11 is 6.05. The molecule has 82 valence electrons. The summed E-state index contributed by atoms with van der Waals surface area (Å²) in [6.07, 6.45) is 4.38. The van der Waals surface area contributed by atoms with Crippen LogP contribution in [0.1, 0.15) is 24.0 Å². The number of hydrogen-bond donors (Lipinski definition) is 0. The van der Waals surface area contributed by atoms with Crippen LogP contribution in [0.2, 0.25) is 0 Å². The van der Waals surface area contributed by atoms with Gasteiger partial charge in [-0.05, 0) is 29.5 Å². The van der Waals surface area contributed by atoms with E-state index in [0.717, 1.165) is 12.8 Å². The van der Waals surface area contributed by atoms with Gasteiger partial charge in [-0.3, -0.25) is 4.79 Å². The van der Waals surface area contributed by atoms with Crippen LogP contribution >= 0.6 is 11.8 Å². The van der Waals surface area contributed by atoms with E-state index < -0.39 is 0 Å². The third-order valence-corrected chi connectivity index (χ3v) is 3.81. The Morgan fingerprint density at radius 3 is 3.00 bits per heavy atom. The largest absolute Gasteiger partial charge is 0.273 e. The molecule has 1 aromatic carbocycles. The molecule has 0 saturated carbocycles. The Bertz CT molecular complexity index is 481. The molecule has 0 aromatic heterocycles. The van der Waals surface area contributed by atoms with Crippen molar-refractivity contribution >= 4 is 23.3 Å². The molecule has 0 radical (unpaired) electrons. The van der Waals surface area contributed by atoms with Gasteiger partial charge >= 0.3 is 0 Å². The summed E-state index contributed by atoms with van der Waals surface area (Å²) in [6, 6.07) is 8.44. The van der Waals surface area contributed by atoms with Crippen LogP contribution in [0, 0.1) is 0 Å². The number of carbonyl (C=O) groups excluding carboxylic acids is 1.